The monoisotopic (exact) mass is 411 g/mol. The first-order chi connectivity index (χ1) is 12.6. The molecule has 1 aromatic carbocycles. The highest BCUT2D eigenvalue weighted by Gasteiger charge is 2.34. The van der Waals surface area contributed by atoms with Gasteiger partial charge in [0.05, 0.1) is 19.8 Å². The predicted molar refractivity (Wildman–Crippen MR) is 102 cm³/mol. The number of aryl methyl sites for hydroxylation is 1. The minimum absolute atomic E-state index is 0.0563. The van der Waals surface area contributed by atoms with Crippen LogP contribution >= 0.6 is 11.3 Å². The van der Waals surface area contributed by atoms with Crippen molar-refractivity contribution in [3.05, 3.63) is 51.4 Å². The van der Waals surface area contributed by atoms with Crippen LogP contribution in [0.4, 0.5) is 0 Å². The molecule has 0 radical (unpaired) electrons. The van der Waals surface area contributed by atoms with Crippen molar-refractivity contribution in [1.82, 2.24) is 4.31 Å². The van der Waals surface area contributed by atoms with E-state index in [0.29, 0.717) is 11.3 Å². The number of carbonyl (C=O) groups is 2. The van der Waals surface area contributed by atoms with Gasteiger partial charge < -0.3 is 9.47 Å². The summed E-state index contributed by atoms with van der Waals surface area (Å²) in [6.07, 6.45) is 0. The summed E-state index contributed by atoms with van der Waals surface area (Å²) in [7, 11) is -0.264. The van der Waals surface area contributed by atoms with Crippen molar-refractivity contribution in [2.45, 2.75) is 24.6 Å². The van der Waals surface area contributed by atoms with E-state index in [4.69, 9.17) is 9.47 Å². The lowest BCUT2D eigenvalue weighted by molar-refractivity contribution is 0.0596. The van der Waals surface area contributed by atoms with Crippen molar-refractivity contribution < 1.29 is 27.5 Å². The van der Waals surface area contributed by atoms with Gasteiger partial charge in [-0.2, -0.15) is 4.31 Å². The summed E-state index contributed by atoms with van der Waals surface area (Å²) in [5.74, 6) is -1.52. The standard InChI is InChI=1S/C18H21NO6S2/c1-11-8-6-7-9-13(11)10-19(3)27(22,23)18-14(16(20)24-4)12(2)15(26-18)17(21)25-5/h6-9H,10H2,1-5H3. The second-order valence-electron chi connectivity index (χ2n) is 5.89. The molecule has 0 atom stereocenters. The maximum Gasteiger partial charge on any atom is 0.348 e. The Hall–Kier alpha value is -2.23. The van der Waals surface area contributed by atoms with Crippen LogP contribution in [0.3, 0.4) is 0 Å². The molecule has 0 aliphatic heterocycles. The molecule has 2 aromatic rings. The number of rotatable bonds is 6. The molecule has 0 N–H and O–H groups in total. The van der Waals surface area contributed by atoms with Crippen molar-refractivity contribution >= 4 is 33.3 Å². The number of thiophene rings is 1. The van der Waals surface area contributed by atoms with Crippen LogP contribution in [0.25, 0.3) is 0 Å². The highest BCUT2D eigenvalue weighted by atomic mass is 32.2. The van der Waals surface area contributed by atoms with Gasteiger partial charge in [-0.15, -0.1) is 11.3 Å². The summed E-state index contributed by atoms with van der Waals surface area (Å²) in [5.41, 5.74) is 1.87. The van der Waals surface area contributed by atoms with Crippen LogP contribution in [0, 0.1) is 13.8 Å². The normalized spacial score (nSPS) is 11.5. The lowest BCUT2D eigenvalue weighted by Crippen LogP contribution is -2.27. The Balaban J connectivity index is 2.55. The number of benzene rings is 1. The van der Waals surface area contributed by atoms with E-state index in [9.17, 15) is 18.0 Å². The van der Waals surface area contributed by atoms with Crippen LogP contribution in [0.1, 0.15) is 36.7 Å². The van der Waals surface area contributed by atoms with E-state index >= 15 is 0 Å². The molecule has 7 nitrogen and oxygen atoms in total. The zero-order chi connectivity index (χ0) is 20.4. The molecule has 1 aromatic heterocycles. The quantitative estimate of drug-likeness (QED) is 0.679. The Morgan fingerprint density at radius 1 is 1.07 bits per heavy atom. The molecule has 0 fully saturated rings. The van der Waals surface area contributed by atoms with E-state index in [-0.39, 0.29) is 26.8 Å². The molecule has 0 unspecified atom stereocenters. The maximum atomic E-state index is 13.1. The van der Waals surface area contributed by atoms with Crippen LogP contribution in [0.2, 0.25) is 0 Å². The van der Waals surface area contributed by atoms with E-state index in [1.807, 2.05) is 31.2 Å². The average Bonchev–Trinajstić information content (AvgIpc) is 3.00. The van der Waals surface area contributed by atoms with Crippen molar-refractivity contribution in [1.29, 1.82) is 0 Å². The molecule has 0 aliphatic carbocycles. The molecule has 0 amide bonds. The van der Waals surface area contributed by atoms with E-state index in [2.05, 4.69) is 0 Å². The van der Waals surface area contributed by atoms with Gasteiger partial charge in [0, 0.05) is 13.6 Å². The van der Waals surface area contributed by atoms with Crippen molar-refractivity contribution in [2.24, 2.45) is 0 Å². The number of hydrogen-bond acceptors (Lipinski definition) is 7. The van der Waals surface area contributed by atoms with Crippen LogP contribution in [0.5, 0.6) is 0 Å². The first-order valence-electron chi connectivity index (χ1n) is 7.96. The van der Waals surface area contributed by atoms with E-state index in [1.165, 1.54) is 21.1 Å². The van der Waals surface area contributed by atoms with Gasteiger partial charge >= 0.3 is 11.9 Å². The number of methoxy groups -OCH3 is 2. The highest BCUT2D eigenvalue weighted by molar-refractivity contribution is 7.91. The third-order valence-electron chi connectivity index (χ3n) is 4.17. The number of sulfonamides is 1. The Morgan fingerprint density at radius 3 is 2.22 bits per heavy atom. The van der Waals surface area contributed by atoms with Crippen molar-refractivity contribution in [2.75, 3.05) is 21.3 Å². The predicted octanol–water partition coefficient (Wildman–Crippen LogP) is 2.76. The van der Waals surface area contributed by atoms with Gasteiger partial charge in [0.2, 0.25) is 0 Å². The summed E-state index contributed by atoms with van der Waals surface area (Å²) >= 11 is 0.708. The Kier molecular flexibility index (Phi) is 6.40. The fourth-order valence-electron chi connectivity index (χ4n) is 2.55. The lowest BCUT2D eigenvalue weighted by atomic mass is 10.1. The largest absolute Gasteiger partial charge is 0.465 e. The van der Waals surface area contributed by atoms with Crippen molar-refractivity contribution in [3.8, 4) is 0 Å². The van der Waals surface area contributed by atoms with Gasteiger partial charge in [-0.3, -0.25) is 0 Å². The summed E-state index contributed by atoms with van der Waals surface area (Å²) in [6, 6.07) is 7.42. The number of esters is 2. The van der Waals surface area contributed by atoms with Crippen LogP contribution < -0.4 is 0 Å². The van der Waals surface area contributed by atoms with Gasteiger partial charge in [-0.05, 0) is 30.5 Å². The summed E-state index contributed by atoms with van der Waals surface area (Å²) < 4.78 is 36.6. The van der Waals surface area contributed by atoms with Crippen LogP contribution in [-0.2, 0) is 26.0 Å². The Labute approximate surface area is 162 Å². The van der Waals surface area contributed by atoms with Gasteiger partial charge in [-0.25, -0.2) is 18.0 Å². The van der Waals surface area contributed by atoms with Crippen LogP contribution in [-0.4, -0.2) is 45.9 Å². The summed E-state index contributed by atoms with van der Waals surface area (Å²) in [4.78, 5) is 24.2. The molecule has 0 saturated carbocycles. The number of ether oxygens (including phenoxy) is 2. The summed E-state index contributed by atoms with van der Waals surface area (Å²) in [5, 5.41) is 0. The molecule has 9 heteroatoms. The number of carbonyl (C=O) groups excluding carboxylic acids is 2. The molecular formula is C18H21NO6S2. The minimum Gasteiger partial charge on any atom is -0.465 e. The highest BCUT2D eigenvalue weighted by Crippen LogP contribution is 2.35. The molecule has 0 aliphatic rings. The van der Waals surface area contributed by atoms with Crippen LogP contribution in [0.15, 0.2) is 28.5 Å². The number of hydrogen-bond donors (Lipinski definition) is 0. The molecule has 2 rings (SSSR count). The lowest BCUT2D eigenvalue weighted by Gasteiger charge is -2.18. The Bertz CT molecular complexity index is 978. The molecule has 1 heterocycles. The molecule has 146 valence electrons. The van der Waals surface area contributed by atoms with E-state index in [0.717, 1.165) is 22.5 Å². The zero-order valence-electron chi connectivity index (χ0n) is 15.7. The third kappa shape index (κ3) is 4.05. The fourth-order valence-corrected chi connectivity index (χ4v) is 5.63. The van der Waals surface area contributed by atoms with Gasteiger partial charge in [-0.1, -0.05) is 24.3 Å². The van der Waals surface area contributed by atoms with Gasteiger partial charge in [0.25, 0.3) is 10.0 Å². The first-order valence-corrected chi connectivity index (χ1v) is 10.2. The second-order valence-corrected chi connectivity index (χ2v) is 9.15. The topological polar surface area (TPSA) is 90.0 Å². The first kappa shape index (κ1) is 21.1. The summed E-state index contributed by atoms with van der Waals surface area (Å²) in [6.45, 7) is 3.51. The smallest absolute Gasteiger partial charge is 0.348 e. The molecule has 0 spiro atoms. The van der Waals surface area contributed by atoms with Gasteiger partial charge in [0.1, 0.15) is 4.88 Å². The van der Waals surface area contributed by atoms with Gasteiger partial charge in [0.15, 0.2) is 4.21 Å². The molecule has 0 saturated heterocycles. The minimum atomic E-state index is -4.04. The number of nitrogens with zero attached hydrogens (tertiary/aromatic N) is 1. The Morgan fingerprint density at radius 2 is 1.67 bits per heavy atom. The average molecular weight is 412 g/mol. The third-order valence-corrected chi connectivity index (χ3v) is 7.74. The molecular weight excluding hydrogens is 390 g/mol. The van der Waals surface area contributed by atoms with E-state index < -0.39 is 22.0 Å². The molecule has 0 bridgehead atoms. The second kappa shape index (κ2) is 8.20. The van der Waals surface area contributed by atoms with E-state index in [1.54, 1.807) is 0 Å². The SMILES string of the molecule is COC(=O)c1sc(S(=O)(=O)N(C)Cc2ccccc2C)c(C(=O)OC)c1C. The maximum absolute atomic E-state index is 13.1. The zero-order valence-corrected chi connectivity index (χ0v) is 17.4. The molecule has 27 heavy (non-hydrogen) atoms. The van der Waals surface area contributed by atoms with Crippen molar-refractivity contribution in [3.63, 3.8) is 0 Å². The fraction of sp³-hybridized carbons (Fsp3) is 0.333.